The van der Waals surface area contributed by atoms with Crippen molar-refractivity contribution in [3.05, 3.63) is 55.1 Å². The molecule has 32 heavy (non-hydrogen) atoms. The van der Waals surface area contributed by atoms with E-state index in [0.29, 0.717) is 41.3 Å². The molecule has 1 aromatic heterocycles. The molecular weight excluding hydrogens is 428 g/mol. The van der Waals surface area contributed by atoms with E-state index in [1.165, 1.54) is 11.8 Å². The fourth-order valence-electron chi connectivity index (χ4n) is 3.01. The molecule has 0 aliphatic carbocycles. The van der Waals surface area contributed by atoms with Gasteiger partial charge in [0.15, 0.2) is 22.5 Å². The first-order valence-electron chi connectivity index (χ1n) is 10.0. The molecule has 1 heterocycles. The van der Waals surface area contributed by atoms with Gasteiger partial charge in [-0.05, 0) is 49.4 Å². The highest BCUT2D eigenvalue weighted by molar-refractivity contribution is 7.99. The molecule has 0 saturated heterocycles. The lowest BCUT2D eigenvalue weighted by Crippen LogP contribution is -2.14. The van der Waals surface area contributed by atoms with Crippen molar-refractivity contribution in [2.45, 2.75) is 18.6 Å². The quantitative estimate of drug-likeness (QED) is 0.342. The van der Waals surface area contributed by atoms with Gasteiger partial charge in [0.2, 0.25) is 5.91 Å². The topological polar surface area (TPSA) is 87.5 Å². The summed E-state index contributed by atoms with van der Waals surface area (Å²) in [6.45, 7) is 6.84. The van der Waals surface area contributed by atoms with E-state index in [9.17, 15) is 4.79 Å². The Balaban J connectivity index is 1.71. The van der Waals surface area contributed by atoms with Crippen LogP contribution in [0.5, 0.6) is 17.2 Å². The smallest absolute Gasteiger partial charge is 0.234 e. The number of anilines is 1. The second-order valence-electron chi connectivity index (χ2n) is 6.57. The average molecular weight is 455 g/mol. The Morgan fingerprint density at radius 3 is 2.53 bits per heavy atom. The zero-order chi connectivity index (χ0) is 22.9. The van der Waals surface area contributed by atoms with Crippen LogP contribution in [0, 0.1) is 0 Å². The number of aromatic nitrogens is 3. The van der Waals surface area contributed by atoms with Crippen LogP contribution in [-0.4, -0.2) is 47.3 Å². The minimum Gasteiger partial charge on any atom is -0.494 e. The minimum atomic E-state index is -0.139. The van der Waals surface area contributed by atoms with Crippen LogP contribution in [0.4, 0.5) is 5.69 Å². The van der Waals surface area contributed by atoms with Gasteiger partial charge in [-0.15, -0.1) is 16.8 Å². The Bertz CT molecular complexity index is 1070. The highest BCUT2D eigenvalue weighted by Crippen LogP contribution is 2.33. The molecule has 9 heteroatoms. The zero-order valence-corrected chi connectivity index (χ0v) is 19.1. The molecule has 0 atom stereocenters. The first-order valence-corrected chi connectivity index (χ1v) is 11.0. The minimum absolute atomic E-state index is 0.139. The molecule has 8 nitrogen and oxygen atoms in total. The molecule has 0 radical (unpaired) electrons. The van der Waals surface area contributed by atoms with E-state index in [1.807, 2.05) is 54.0 Å². The second-order valence-corrected chi connectivity index (χ2v) is 7.51. The Labute approximate surface area is 191 Å². The average Bonchev–Trinajstić information content (AvgIpc) is 3.21. The summed E-state index contributed by atoms with van der Waals surface area (Å²) in [7, 11) is 3.17. The predicted molar refractivity (Wildman–Crippen MR) is 126 cm³/mol. The number of methoxy groups -OCH3 is 2. The summed E-state index contributed by atoms with van der Waals surface area (Å²) in [6, 6.07) is 12.8. The maximum atomic E-state index is 12.4. The van der Waals surface area contributed by atoms with Gasteiger partial charge in [0.05, 0.1) is 26.6 Å². The molecule has 2 aromatic carbocycles. The summed E-state index contributed by atoms with van der Waals surface area (Å²) in [5, 5.41) is 12.1. The van der Waals surface area contributed by atoms with Gasteiger partial charge in [0.25, 0.3) is 0 Å². The number of carbonyl (C=O) groups excluding carboxylic acids is 1. The number of allylic oxidation sites excluding steroid dienone is 1. The van der Waals surface area contributed by atoms with Crippen molar-refractivity contribution < 1.29 is 19.0 Å². The molecule has 1 N–H and O–H groups in total. The van der Waals surface area contributed by atoms with Crippen molar-refractivity contribution in [1.82, 2.24) is 14.8 Å². The second kappa shape index (κ2) is 11.2. The monoisotopic (exact) mass is 454 g/mol. The standard InChI is InChI=1S/C23H26N4O4S/c1-5-13-27-22(16-7-12-19(29-3)20(14-16)30-4)25-26-23(27)32-15-21(28)24-17-8-10-18(11-9-17)31-6-2/h5,7-12,14H,1,6,13,15H2,2-4H3,(H,24,28). The molecule has 3 rings (SSSR count). The third-order valence-electron chi connectivity index (χ3n) is 4.45. The molecule has 0 bridgehead atoms. The molecule has 168 valence electrons. The van der Waals surface area contributed by atoms with Crippen molar-refractivity contribution in [1.29, 1.82) is 0 Å². The highest BCUT2D eigenvalue weighted by atomic mass is 32.2. The third-order valence-corrected chi connectivity index (χ3v) is 5.42. The number of hydrogen-bond acceptors (Lipinski definition) is 7. The van der Waals surface area contributed by atoms with Crippen molar-refractivity contribution in [2.75, 3.05) is 31.9 Å². The Kier molecular flexibility index (Phi) is 8.15. The largest absolute Gasteiger partial charge is 0.494 e. The van der Waals surface area contributed by atoms with Gasteiger partial charge in [-0.3, -0.25) is 9.36 Å². The Morgan fingerprint density at radius 2 is 1.88 bits per heavy atom. The van der Waals surface area contributed by atoms with Crippen LogP contribution >= 0.6 is 11.8 Å². The van der Waals surface area contributed by atoms with Crippen LogP contribution in [0.2, 0.25) is 0 Å². The number of nitrogens with zero attached hydrogens (tertiary/aromatic N) is 3. The summed E-state index contributed by atoms with van der Waals surface area (Å²) in [6.07, 6.45) is 1.76. The first kappa shape index (κ1) is 23.2. The number of benzene rings is 2. The number of ether oxygens (including phenoxy) is 3. The van der Waals surface area contributed by atoms with Crippen molar-refractivity contribution >= 4 is 23.4 Å². The summed E-state index contributed by atoms with van der Waals surface area (Å²) in [4.78, 5) is 12.4. The van der Waals surface area contributed by atoms with Gasteiger partial charge in [-0.2, -0.15) is 0 Å². The van der Waals surface area contributed by atoms with Crippen molar-refractivity contribution in [3.63, 3.8) is 0 Å². The van der Waals surface area contributed by atoms with Crippen LogP contribution < -0.4 is 19.5 Å². The van der Waals surface area contributed by atoms with Crippen LogP contribution in [0.3, 0.4) is 0 Å². The zero-order valence-electron chi connectivity index (χ0n) is 18.3. The van der Waals surface area contributed by atoms with Gasteiger partial charge >= 0.3 is 0 Å². The van der Waals surface area contributed by atoms with E-state index in [0.717, 1.165) is 11.3 Å². The van der Waals surface area contributed by atoms with E-state index < -0.39 is 0 Å². The fraction of sp³-hybridized carbons (Fsp3) is 0.261. The van der Waals surface area contributed by atoms with Crippen molar-refractivity contribution in [2.24, 2.45) is 0 Å². The lowest BCUT2D eigenvalue weighted by atomic mass is 10.2. The van der Waals surface area contributed by atoms with E-state index in [1.54, 1.807) is 20.3 Å². The van der Waals surface area contributed by atoms with Gasteiger partial charge in [0.1, 0.15) is 5.75 Å². The SMILES string of the molecule is C=CCn1c(SCC(=O)Nc2ccc(OCC)cc2)nnc1-c1ccc(OC)c(OC)c1. The van der Waals surface area contributed by atoms with Crippen LogP contribution in [0.1, 0.15) is 6.92 Å². The molecule has 0 unspecified atom stereocenters. The van der Waals surface area contributed by atoms with Crippen molar-refractivity contribution in [3.8, 4) is 28.6 Å². The first-order chi connectivity index (χ1) is 15.6. The number of amides is 1. The number of hydrogen-bond donors (Lipinski definition) is 1. The molecule has 0 spiro atoms. The van der Waals surface area contributed by atoms with Gasteiger partial charge in [0, 0.05) is 17.8 Å². The van der Waals surface area contributed by atoms with Gasteiger partial charge < -0.3 is 19.5 Å². The van der Waals surface area contributed by atoms with E-state index >= 15 is 0 Å². The lowest BCUT2D eigenvalue weighted by Gasteiger charge is -2.11. The molecular formula is C23H26N4O4S. The molecule has 3 aromatic rings. The lowest BCUT2D eigenvalue weighted by molar-refractivity contribution is -0.113. The fourth-order valence-corrected chi connectivity index (χ4v) is 3.75. The summed E-state index contributed by atoms with van der Waals surface area (Å²) in [5.74, 6) is 2.70. The van der Waals surface area contributed by atoms with Gasteiger partial charge in [-0.1, -0.05) is 17.8 Å². The van der Waals surface area contributed by atoms with E-state index in [4.69, 9.17) is 14.2 Å². The predicted octanol–water partition coefficient (Wildman–Crippen LogP) is 4.28. The summed E-state index contributed by atoms with van der Waals surface area (Å²) in [5.41, 5.74) is 1.53. The maximum absolute atomic E-state index is 12.4. The Hall–Kier alpha value is -3.46. The van der Waals surface area contributed by atoms with Gasteiger partial charge in [-0.25, -0.2) is 0 Å². The summed E-state index contributed by atoms with van der Waals surface area (Å²) >= 11 is 1.31. The molecule has 0 saturated carbocycles. The van der Waals surface area contributed by atoms with E-state index in [2.05, 4.69) is 22.1 Å². The van der Waals surface area contributed by atoms with Crippen LogP contribution in [0.15, 0.2) is 60.3 Å². The van der Waals surface area contributed by atoms with Crippen LogP contribution in [-0.2, 0) is 11.3 Å². The maximum Gasteiger partial charge on any atom is 0.234 e. The molecule has 0 fully saturated rings. The summed E-state index contributed by atoms with van der Waals surface area (Å²) < 4.78 is 18.0. The number of rotatable bonds is 11. The number of thioether (sulfide) groups is 1. The molecule has 0 aliphatic heterocycles. The highest BCUT2D eigenvalue weighted by Gasteiger charge is 2.17. The molecule has 0 aliphatic rings. The number of nitrogens with one attached hydrogen (secondary N) is 1. The number of carbonyl (C=O) groups is 1. The van der Waals surface area contributed by atoms with Crippen LogP contribution in [0.25, 0.3) is 11.4 Å². The Morgan fingerprint density at radius 1 is 1.12 bits per heavy atom. The van der Waals surface area contributed by atoms with E-state index in [-0.39, 0.29) is 11.7 Å². The molecule has 1 amide bonds. The normalized spacial score (nSPS) is 10.5. The third kappa shape index (κ3) is 5.61.